The van der Waals surface area contributed by atoms with Crippen LogP contribution in [0.25, 0.3) is 33.1 Å². The minimum atomic E-state index is -0.250. The molecule has 1 unspecified atom stereocenters. The molecule has 1 atom stereocenters. The normalized spacial score (nSPS) is 12.2. The highest BCUT2D eigenvalue weighted by Crippen LogP contribution is 2.32. The number of carbonyl (C=O) groups excluding carboxylic acids is 1. The van der Waals surface area contributed by atoms with Gasteiger partial charge in [0.1, 0.15) is 12.4 Å². The van der Waals surface area contributed by atoms with Crippen molar-refractivity contribution in [2.45, 2.75) is 19.9 Å². The highest BCUT2D eigenvalue weighted by Gasteiger charge is 2.19. The van der Waals surface area contributed by atoms with Gasteiger partial charge in [-0.2, -0.15) is 5.10 Å². The molecule has 0 saturated carbocycles. The lowest BCUT2D eigenvalue weighted by atomic mass is 9.98. The van der Waals surface area contributed by atoms with E-state index in [1.54, 1.807) is 0 Å². The third-order valence-electron chi connectivity index (χ3n) is 6.58. The topological polar surface area (TPSA) is 83.1 Å². The van der Waals surface area contributed by atoms with Crippen LogP contribution in [0, 0.1) is 6.92 Å². The highest BCUT2D eigenvalue weighted by atomic mass is 16.5. The third kappa shape index (κ3) is 5.17. The van der Waals surface area contributed by atoms with E-state index in [1.807, 2.05) is 94.8 Å². The van der Waals surface area contributed by atoms with E-state index in [2.05, 4.69) is 26.5 Å². The van der Waals surface area contributed by atoms with E-state index in [9.17, 15) is 4.79 Å². The molecule has 0 aliphatic carbocycles. The third-order valence-corrected chi connectivity index (χ3v) is 6.58. The number of H-pyrrole nitrogens is 1. The van der Waals surface area contributed by atoms with E-state index in [1.165, 1.54) is 0 Å². The number of hydrogen-bond acceptors (Lipinski definition) is 5. The van der Waals surface area contributed by atoms with Gasteiger partial charge in [0.25, 0.3) is 5.91 Å². The summed E-state index contributed by atoms with van der Waals surface area (Å²) >= 11 is 0. The van der Waals surface area contributed by atoms with Crippen molar-refractivity contribution in [1.82, 2.24) is 25.4 Å². The maximum Gasteiger partial charge on any atom is 0.252 e. The SMILES string of the molecule is Cc1ccc(OCCN(C)C)cc1C(=O)NC(C)c1cc(-c2cccc3[nH]ncc23)nc2ccccc12. The van der Waals surface area contributed by atoms with E-state index < -0.39 is 0 Å². The summed E-state index contributed by atoms with van der Waals surface area (Å²) in [5.41, 5.74) is 6.19. The van der Waals surface area contributed by atoms with Gasteiger partial charge in [-0.3, -0.25) is 9.89 Å². The summed E-state index contributed by atoms with van der Waals surface area (Å²) in [5.74, 6) is 0.553. The van der Waals surface area contributed by atoms with Crippen molar-refractivity contribution in [2.75, 3.05) is 27.2 Å². The lowest BCUT2D eigenvalue weighted by Crippen LogP contribution is -2.27. The number of rotatable bonds is 8. The number of ether oxygens (including phenoxy) is 1. The van der Waals surface area contributed by atoms with E-state index in [4.69, 9.17) is 9.72 Å². The molecule has 0 spiro atoms. The van der Waals surface area contributed by atoms with Crippen molar-refractivity contribution in [3.8, 4) is 17.0 Å². The van der Waals surface area contributed by atoms with Crippen LogP contribution in [0.4, 0.5) is 0 Å². The molecule has 5 rings (SSSR count). The van der Waals surface area contributed by atoms with Gasteiger partial charge in [0.15, 0.2) is 0 Å². The van der Waals surface area contributed by atoms with Crippen LogP contribution >= 0.6 is 0 Å². The van der Waals surface area contributed by atoms with Crippen LogP contribution in [0.15, 0.2) is 72.9 Å². The molecule has 37 heavy (non-hydrogen) atoms. The smallest absolute Gasteiger partial charge is 0.252 e. The number of para-hydroxylation sites is 1. The second-order valence-corrected chi connectivity index (χ2v) is 9.57. The van der Waals surface area contributed by atoms with Crippen molar-refractivity contribution >= 4 is 27.7 Å². The molecule has 0 aliphatic heterocycles. The summed E-state index contributed by atoms with van der Waals surface area (Å²) in [7, 11) is 4.01. The Morgan fingerprint density at radius 2 is 1.89 bits per heavy atom. The maximum absolute atomic E-state index is 13.4. The molecule has 0 aliphatic rings. The highest BCUT2D eigenvalue weighted by molar-refractivity contribution is 5.98. The summed E-state index contributed by atoms with van der Waals surface area (Å²) in [6, 6.07) is 21.6. The fourth-order valence-corrected chi connectivity index (χ4v) is 4.52. The van der Waals surface area contributed by atoms with Crippen LogP contribution < -0.4 is 10.1 Å². The van der Waals surface area contributed by atoms with E-state index in [-0.39, 0.29) is 11.9 Å². The fourth-order valence-electron chi connectivity index (χ4n) is 4.52. The monoisotopic (exact) mass is 493 g/mol. The number of nitrogens with one attached hydrogen (secondary N) is 2. The average molecular weight is 494 g/mol. The molecular formula is C30H31N5O2. The maximum atomic E-state index is 13.4. The largest absolute Gasteiger partial charge is 0.492 e. The second kappa shape index (κ2) is 10.4. The number of nitrogens with zero attached hydrogens (tertiary/aromatic N) is 3. The number of fused-ring (bicyclic) bond motifs is 2. The molecule has 1 amide bonds. The molecule has 5 aromatic rings. The molecule has 7 nitrogen and oxygen atoms in total. The first-order valence-electron chi connectivity index (χ1n) is 12.4. The van der Waals surface area contributed by atoms with Gasteiger partial charge in [0, 0.05) is 28.4 Å². The van der Waals surface area contributed by atoms with Gasteiger partial charge in [-0.05, 0) is 69.4 Å². The van der Waals surface area contributed by atoms with Gasteiger partial charge < -0.3 is 15.0 Å². The van der Waals surface area contributed by atoms with Crippen molar-refractivity contribution in [3.63, 3.8) is 0 Å². The summed E-state index contributed by atoms with van der Waals surface area (Å²) < 4.78 is 5.87. The predicted molar refractivity (Wildman–Crippen MR) is 148 cm³/mol. The Morgan fingerprint density at radius 3 is 2.73 bits per heavy atom. The number of aromatic nitrogens is 3. The lowest BCUT2D eigenvalue weighted by Gasteiger charge is -2.19. The Balaban J connectivity index is 1.46. The molecule has 0 radical (unpaired) electrons. The van der Waals surface area contributed by atoms with E-state index >= 15 is 0 Å². The Hall–Kier alpha value is -4.23. The summed E-state index contributed by atoms with van der Waals surface area (Å²) in [4.78, 5) is 20.4. The van der Waals surface area contributed by atoms with Crippen molar-refractivity contribution < 1.29 is 9.53 Å². The number of aryl methyl sites for hydroxylation is 1. The zero-order valence-electron chi connectivity index (χ0n) is 21.6. The van der Waals surface area contributed by atoms with Crippen LogP contribution in [-0.4, -0.2) is 53.2 Å². The summed E-state index contributed by atoms with van der Waals surface area (Å²) in [5, 5.41) is 12.5. The quantitative estimate of drug-likeness (QED) is 0.298. The zero-order chi connectivity index (χ0) is 25.9. The van der Waals surface area contributed by atoms with Crippen LogP contribution in [-0.2, 0) is 0 Å². The van der Waals surface area contributed by atoms with Gasteiger partial charge >= 0.3 is 0 Å². The summed E-state index contributed by atoms with van der Waals surface area (Å²) in [6.45, 7) is 5.31. The fraction of sp³-hybridized carbons (Fsp3) is 0.233. The summed E-state index contributed by atoms with van der Waals surface area (Å²) in [6.07, 6.45) is 1.82. The van der Waals surface area contributed by atoms with Gasteiger partial charge in [0.2, 0.25) is 0 Å². The molecule has 2 N–H and O–H groups in total. The Bertz CT molecular complexity index is 1570. The Labute approximate surface area is 216 Å². The number of benzene rings is 3. The van der Waals surface area contributed by atoms with Gasteiger partial charge in [-0.25, -0.2) is 4.98 Å². The number of pyridine rings is 1. The number of carbonyl (C=O) groups is 1. The van der Waals surface area contributed by atoms with Gasteiger partial charge in [-0.15, -0.1) is 0 Å². The Kier molecular flexibility index (Phi) is 6.88. The van der Waals surface area contributed by atoms with Crippen molar-refractivity contribution in [2.24, 2.45) is 0 Å². The van der Waals surface area contributed by atoms with Crippen LogP contribution in [0.5, 0.6) is 5.75 Å². The zero-order valence-corrected chi connectivity index (χ0v) is 21.6. The van der Waals surface area contributed by atoms with Gasteiger partial charge in [0.05, 0.1) is 29.0 Å². The molecular weight excluding hydrogens is 462 g/mol. The van der Waals surface area contributed by atoms with Crippen LogP contribution in [0.2, 0.25) is 0 Å². The first-order chi connectivity index (χ1) is 17.9. The van der Waals surface area contributed by atoms with Crippen LogP contribution in [0.3, 0.4) is 0 Å². The van der Waals surface area contributed by atoms with E-state index in [0.29, 0.717) is 17.9 Å². The van der Waals surface area contributed by atoms with Crippen LogP contribution in [0.1, 0.15) is 34.5 Å². The molecule has 0 saturated heterocycles. The number of likely N-dealkylation sites (N-methyl/N-ethyl adjacent to an activating group) is 1. The number of aromatic amines is 1. The molecule has 0 bridgehead atoms. The van der Waals surface area contributed by atoms with E-state index in [0.717, 1.165) is 50.7 Å². The first-order valence-corrected chi connectivity index (χ1v) is 12.4. The molecule has 2 heterocycles. The van der Waals surface area contributed by atoms with Crippen molar-refractivity contribution in [1.29, 1.82) is 0 Å². The number of hydrogen-bond donors (Lipinski definition) is 2. The minimum absolute atomic E-state index is 0.137. The van der Waals surface area contributed by atoms with Crippen molar-refractivity contribution in [3.05, 3.63) is 89.6 Å². The molecule has 7 heteroatoms. The molecule has 0 fully saturated rings. The average Bonchev–Trinajstić information content (AvgIpc) is 3.38. The Morgan fingerprint density at radius 1 is 1.05 bits per heavy atom. The standard InChI is InChI=1S/C30H31N5O2/c1-19-12-13-21(37-15-14-35(3)4)16-24(19)30(36)32-20(2)25-17-29(33-27-10-6-5-8-22(25)27)23-9-7-11-28-26(23)18-31-34-28/h5-13,16-18,20H,14-15H2,1-4H3,(H,31,34)(H,32,36). The molecule has 3 aromatic carbocycles. The first kappa shape index (κ1) is 24.5. The minimum Gasteiger partial charge on any atom is -0.492 e. The number of amides is 1. The van der Waals surface area contributed by atoms with Gasteiger partial charge in [-0.1, -0.05) is 36.4 Å². The predicted octanol–water partition coefficient (Wildman–Crippen LogP) is 5.52. The lowest BCUT2D eigenvalue weighted by molar-refractivity contribution is 0.0939. The second-order valence-electron chi connectivity index (χ2n) is 9.57. The molecule has 2 aromatic heterocycles. The molecule has 188 valence electrons.